The van der Waals surface area contributed by atoms with Gasteiger partial charge in [-0.2, -0.15) is 0 Å². The molecule has 98 valence electrons. The lowest BCUT2D eigenvalue weighted by Gasteiger charge is -1.92. The second-order valence-corrected chi connectivity index (χ2v) is 4.11. The van der Waals surface area contributed by atoms with Gasteiger partial charge in [-0.05, 0) is 42.0 Å². The molecule has 0 aliphatic heterocycles. The van der Waals surface area contributed by atoms with E-state index in [0.29, 0.717) is 5.89 Å². The molecule has 20 heavy (non-hydrogen) atoms. The maximum Gasteiger partial charge on any atom is 0.342 e. The minimum Gasteiger partial charge on any atom is -0.508 e. The lowest BCUT2D eigenvalue weighted by Crippen LogP contribution is -1.78. The monoisotopic (exact) mass is 265 g/mol. The first kappa shape index (κ1) is 12.1. The van der Waals surface area contributed by atoms with E-state index in [0.717, 1.165) is 11.1 Å². The molecule has 0 unspecified atom stereocenters. The van der Waals surface area contributed by atoms with E-state index < -0.39 is 0 Å². The molecular formula is C15H11N3O2. The third kappa shape index (κ3) is 2.72. The minimum atomic E-state index is 0.192. The van der Waals surface area contributed by atoms with Gasteiger partial charge in [0.2, 0.25) is 5.89 Å². The molecule has 0 aliphatic carbocycles. The molecule has 5 nitrogen and oxygen atoms in total. The van der Waals surface area contributed by atoms with E-state index in [9.17, 15) is 5.11 Å². The number of phenolic OH excluding ortho intramolecular Hbond substituents is 1. The molecule has 0 bridgehead atoms. The number of hydrogen-bond acceptors (Lipinski definition) is 5. The Morgan fingerprint density at radius 3 is 2.45 bits per heavy atom. The van der Waals surface area contributed by atoms with Gasteiger partial charge in [0, 0.05) is 11.8 Å². The summed E-state index contributed by atoms with van der Waals surface area (Å²) in [5.41, 5.74) is 1.69. The number of hydrogen-bond donors (Lipinski definition) is 1. The zero-order chi connectivity index (χ0) is 13.8. The molecule has 0 radical (unpaired) electrons. The van der Waals surface area contributed by atoms with Gasteiger partial charge < -0.3 is 9.52 Å². The quantitative estimate of drug-likeness (QED) is 0.738. The molecule has 1 N–H and O–H groups in total. The van der Waals surface area contributed by atoms with Crippen molar-refractivity contribution in [3.63, 3.8) is 0 Å². The van der Waals surface area contributed by atoms with Crippen molar-refractivity contribution in [3.8, 4) is 17.2 Å². The zero-order valence-corrected chi connectivity index (χ0v) is 10.5. The van der Waals surface area contributed by atoms with Gasteiger partial charge in [0.15, 0.2) is 0 Å². The first-order valence-electron chi connectivity index (χ1n) is 6.03. The lowest BCUT2D eigenvalue weighted by atomic mass is 10.2. The van der Waals surface area contributed by atoms with Crippen LogP contribution in [-0.2, 0) is 0 Å². The number of rotatable bonds is 3. The normalized spacial score (nSPS) is 11.0. The molecule has 5 heteroatoms. The molecule has 0 atom stereocenters. The first-order chi connectivity index (χ1) is 9.81. The average Bonchev–Trinajstić information content (AvgIpc) is 2.97. The van der Waals surface area contributed by atoms with Crippen LogP contribution in [0, 0.1) is 0 Å². The van der Waals surface area contributed by atoms with E-state index in [1.54, 1.807) is 30.5 Å². The summed E-state index contributed by atoms with van der Waals surface area (Å²) in [7, 11) is 0. The van der Waals surface area contributed by atoms with E-state index >= 15 is 0 Å². The smallest absolute Gasteiger partial charge is 0.342 e. The Bertz CT molecular complexity index is 718. The van der Waals surface area contributed by atoms with Gasteiger partial charge in [0.1, 0.15) is 5.75 Å². The Hall–Kier alpha value is -2.95. The number of aliphatic imine (C=N–C) groups is 1. The highest BCUT2D eigenvalue weighted by molar-refractivity contribution is 5.81. The van der Waals surface area contributed by atoms with Crippen molar-refractivity contribution in [3.05, 3.63) is 60.2 Å². The summed E-state index contributed by atoms with van der Waals surface area (Å²) in [5, 5.41) is 17.0. The lowest BCUT2D eigenvalue weighted by molar-refractivity contribution is 0.475. The third-order valence-corrected chi connectivity index (χ3v) is 2.65. The van der Waals surface area contributed by atoms with Crippen molar-refractivity contribution in [1.82, 2.24) is 10.2 Å². The number of benzene rings is 2. The van der Waals surface area contributed by atoms with E-state index in [1.807, 2.05) is 30.3 Å². The highest BCUT2D eigenvalue weighted by Gasteiger charge is 2.06. The molecule has 0 spiro atoms. The Balaban J connectivity index is 1.79. The SMILES string of the molecule is Oc1ccc(/C=N/c2nnc(-c3ccccc3)o2)cc1. The molecular weight excluding hydrogens is 254 g/mol. The number of aromatic nitrogens is 2. The highest BCUT2D eigenvalue weighted by atomic mass is 16.4. The van der Waals surface area contributed by atoms with Gasteiger partial charge in [-0.25, -0.2) is 4.99 Å². The second kappa shape index (κ2) is 5.36. The van der Waals surface area contributed by atoms with E-state index in [-0.39, 0.29) is 11.8 Å². The van der Waals surface area contributed by atoms with Crippen LogP contribution in [-0.4, -0.2) is 21.5 Å². The summed E-state index contributed by atoms with van der Waals surface area (Å²) in [6.45, 7) is 0. The minimum absolute atomic E-state index is 0.192. The van der Waals surface area contributed by atoms with Crippen LogP contribution in [0.4, 0.5) is 6.01 Å². The molecule has 0 saturated carbocycles. The van der Waals surface area contributed by atoms with Crippen LogP contribution in [0.2, 0.25) is 0 Å². The molecule has 0 amide bonds. The largest absolute Gasteiger partial charge is 0.508 e. The predicted molar refractivity (Wildman–Crippen MR) is 75.1 cm³/mol. The zero-order valence-electron chi connectivity index (χ0n) is 10.5. The van der Waals surface area contributed by atoms with Crippen LogP contribution >= 0.6 is 0 Å². The van der Waals surface area contributed by atoms with Crippen LogP contribution in [0.15, 0.2) is 64.0 Å². The average molecular weight is 265 g/mol. The molecule has 3 aromatic rings. The van der Waals surface area contributed by atoms with Gasteiger partial charge >= 0.3 is 6.01 Å². The standard InChI is InChI=1S/C15H11N3O2/c19-13-8-6-11(7-9-13)10-16-15-18-17-14(20-15)12-4-2-1-3-5-12/h1-10,19H/b16-10+. The molecule has 2 aromatic carbocycles. The fourth-order valence-corrected chi connectivity index (χ4v) is 1.66. The number of nitrogens with zero attached hydrogens (tertiary/aromatic N) is 3. The fraction of sp³-hybridized carbons (Fsp3) is 0. The van der Waals surface area contributed by atoms with Crippen molar-refractivity contribution in [2.45, 2.75) is 0 Å². The molecule has 0 saturated heterocycles. The van der Waals surface area contributed by atoms with E-state index in [1.165, 1.54) is 0 Å². The van der Waals surface area contributed by atoms with E-state index in [4.69, 9.17) is 4.42 Å². The van der Waals surface area contributed by atoms with Gasteiger partial charge in [0.25, 0.3) is 0 Å². The van der Waals surface area contributed by atoms with Crippen molar-refractivity contribution >= 4 is 12.2 Å². The van der Waals surface area contributed by atoms with Crippen LogP contribution in [0.3, 0.4) is 0 Å². The van der Waals surface area contributed by atoms with Crippen molar-refractivity contribution in [2.24, 2.45) is 4.99 Å². The first-order valence-corrected chi connectivity index (χ1v) is 6.03. The van der Waals surface area contributed by atoms with Crippen LogP contribution in [0.5, 0.6) is 5.75 Å². The van der Waals surface area contributed by atoms with Gasteiger partial charge in [-0.15, -0.1) is 5.10 Å². The topological polar surface area (TPSA) is 71.5 Å². The third-order valence-electron chi connectivity index (χ3n) is 2.65. The Labute approximate surface area is 115 Å². The second-order valence-electron chi connectivity index (χ2n) is 4.11. The summed E-state index contributed by atoms with van der Waals surface area (Å²) in [4.78, 5) is 4.11. The van der Waals surface area contributed by atoms with E-state index in [2.05, 4.69) is 15.2 Å². The molecule has 1 aromatic heterocycles. The Morgan fingerprint density at radius 2 is 1.70 bits per heavy atom. The summed E-state index contributed by atoms with van der Waals surface area (Å²) < 4.78 is 5.45. The maximum atomic E-state index is 9.19. The molecule has 1 heterocycles. The number of phenols is 1. The maximum absolute atomic E-state index is 9.19. The van der Waals surface area contributed by atoms with Gasteiger partial charge in [-0.3, -0.25) is 0 Å². The molecule has 0 fully saturated rings. The van der Waals surface area contributed by atoms with Crippen molar-refractivity contribution in [1.29, 1.82) is 0 Å². The van der Waals surface area contributed by atoms with Crippen LogP contribution in [0.25, 0.3) is 11.5 Å². The fourth-order valence-electron chi connectivity index (χ4n) is 1.66. The summed E-state index contributed by atoms with van der Waals surface area (Å²) in [5.74, 6) is 0.648. The van der Waals surface area contributed by atoms with Crippen LogP contribution < -0.4 is 0 Å². The predicted octanol–water partition coefficient (Wildman–Crippen LogP) is 3.19. The van der Waals surface area contributed by atoms with Gasteiger partial charge in [0.05, 0.1) is 0 Å². The Kier molecular flexibility index (Phi) is 3.24. The molecule has 3 rings (SSSR count). The highest BCUT2D eigenvalue weighted by Crippen LogP contribution is 2.20. The molecule has 0 aliphatic rings. The Morgan fingerprint density at radius 1 is 0.950 bits per heavy atom. The van der Waals surface area contributed by atoms with Crippen LogP contribution in [0.1, 0.15) is 5.56 Å². The van der Waals surface area contributed by atoms with Crippen molar-refractivity contribution < 1.29 is 9.52 Å². The van der Waals surface area contributed by atoms with Gasteiger partial charge in [-0.1, -0.05) is 23.3 Å². The number of aromatic hydroxyl groups is 1. The summed E-state index contributed by atoms with van der Waals surface area (Å²) in [6, 6.07) is 16.4. The van der Waals surface area contributed by atoms with Crippen molar-refractivity contribution in [2.75, 3.05) is 0 Å². The summed E-state index contributed by atoms with van der Waals surface area (Å²) >= 11 is 0. The summed E-state index contributed by atoms with van der Waals surface area (Å²) in [6.07, 6.45) is 1.60.